The summed E-state index contributed by atoms with van der Waals surface area (Å²) in [5.41, 5.74) is 0.880. The van der Waals surface area contributed by atoms with Gasteiger partial charge in [-0.25, -0.2) is 0 Å². The second-order valence-corrected chi connectivity index (χ2v) is 9.68. The van der Waals surface area contributed by atoms with Crippen molar-refractivity contribution in [1.82, 2.24) is 0 Å². The molecule has 1 aliphatic carbocycles. The van der Waals surface area contributed by atoms with Crippen molar-refractivity contribution in [1.29, 1.82) is 0 Å². The second-order valence-electron chi connectivity index (χ2n) is 9.68. The van der Waals surface area contributed by atoms with Crippen LogP contribution in [-0.4, -0.2) is 37.2 Å². The number of hydrogen-bond acceptors (Lipinski definition) is 5. The smallest absolute Gasteiger partial charge is 0.306 e. The summed E-state index contributed by atoms with van der Waals surface area (Å²) in [5.74, 6) is 1.45. The summed E-state index contributed by atoms with van der Waals surface area (Å²) in [6.45, 7) is 13.0. The zero-order valence-corrected chi connectivity index (χ0v) is 20.3. The molecule has 0 aliphatic heterocycles. The number of hydrogen-bond donors (Lipinski definition) is 0. The Labute approximate surface area is 188 Å². The highest BCUT2D eigenvalue weighted by molar-refractivity contribution is 5.70. The van der Waals surface area contributed by atoms with E-state index in [0.29, 0.717) is 25.6 Å². The first-order valence-electron chi connectivity index (χ1n) is 11.9. The summed E-state index contributed by atoms with van der Waals surface area (Å²) < 4.78 is 23.2. The van der Waals surface area contributed by atoms with Gasteiger partial charge in [-0.3, -0.25) is 4.79 Å². The Morgan fingerprint density at radius 1 is 1.06 bits per heavy atom. The maximum Gasteiger partial charge on any atom is 0.306 e. The molecule has 176 valence electrons. The Kier molecular flexibility index (Phi) is 10.3. The van der Waals surface area contributed by atoms with E-state index in [0.717, 1.165) is 37.9 Å². The van der Waals surface area contributed by atoms with Crippen molar-refractivity contribution in [2.45, 2.75) is 104 Å². The third-order valence-electron chi connectivity index (χ3n) is 5.82. The molecular weight excluding hydrogens is 392 g/mol. The molecule has 31 heavy (non-hydrogen) atoms. The van der Waals surface area contributed by atoms with Gasteiger partial charge in [-0.1, -0.05) is 38.8 Å². The predicted octanol–water partition coefficient (Wildman–Crippen LogP) is 6.25. The van der Waals surface area contributed by atoms with E-state index in [4.69, 9.17) is 18.9 Å². The van der Waals surface area contributed by atoms with Gasteiger partial charge in [0.25, 0.3) is 0 Å². The highest BCUT2D eigenvalue weighted by Gasteiger charge is 2.29. The fourth-order valence-electron chi connectivity index (χ4n) is 3.97. The maximum absolute atomic E-state index is 12.2. The molecule has 5 heteroatoms. The molecule has 1 fully saturated rings. The third kappa shape index (κ3) is 9.61. The topological polar surface area (TPSA) is 54.0 Å². The molecule has 0 heterocycles. The first-order valence-corrected chi connectivity index (χ1v) is 11.9. The Morgan fingerprint density at radius 3 is 2.39 bits per heavy atom. The van der Waals surface area contributed by atoms with Crippen LogP contribution in [0.1, 0.15) is 91.5 Å². The standard InChI is InChI=1S/C26H42O5/c1-7-19(2)21-12-14-23(15-13-21)30-20(3)28-16-17-29-24-11-9-8-10-22(24)18-25(27)31-26(4,5)6/h12-15,19-20,22,24H,7-11,16-18H2,1-6H3. The molecule has 1 saturated carbocycles. The fourth-order valence-corrected chi connectivity index (χ4v) is 3.97. The van der Waals surface area contributed by atoms with Gasteiger partial charge in [0.2, 0.25) is 0 Å². The van der Waals surface area contributed by atoms with Crippen molar-refractivity contribution in [3.05, 3.63) is 29.8 Å². The summed E-state index contributed by atoms with van der Waals surface area (Å²) in [7, 11) is 0. The fraction of sp³-hybridized carbons (Fsp3) is 0.731. The van der Waals surface area contributed by atoms with Gasteiger partial charge in [0.1, 0.15) is 11.4 Å². The second kappa shape index (κ2) is 12.4. The molecule has 5 nitrogen and oxygen atoms in total. The van der Waals surface area contributed by atoms with Gasteiger partial charge in [-0.15, -0.1) is 0 Å². The average molecular weight is 435 g/mol. The molecule has 0 bridgehead atoms. The van der Waals surface area contributed by atoms with Gasteiger partial charge in [-0.05, 0) is 76.5 Å². The molecule has 4 atom stereocenters. The SMILES string of the molecule is CCC(C)c1ccc(OC(C)OCCOC2CCCCC2CC(=O)OC(C)(C)C)cc1. The molecule has 0 amide bonds. The summed E-state index contributed by atoms with van der Waals surface area (Å²) in [4.78, 5) is 12.2. The molecular formula is C26H42O5. The lowest BCUT2D eigenvalue weighted by atomic mass is 9.84. The lowest BCUT2D eigenvalue weighted by Crippen LogP contribution is -2.33. The van der Waals surface area contributed by atoms with E-state index in [2.05, 4.69) is 26.0 Å². The van der Waals surface area contributed by atoms with Gasteiger partial charge in [-0.2, -0.15) is 0 Å². The summed E-state index contributed by atoms with van der Waals surface area (Å²) in [6, 6.07) is 8.24. The molecule has 1 aromatic rings. The molecule has 1 aliphatic rings. The number of carbonyl (C=O) groups is 1. The molecule has 0 spiro atoms. The zero-order chi connectivity index (χ0) is 22.9. The highest BCUT2D eigenvalue weighted by Crippen LogP contribution is 2.30. The molecule has 0 aromatic heterocycles. The maximum atomic E-state index is 12.2. The largest absolute Gasteiger partial charge is 0.465 e. The third-order valence-corrected chi connectivity index (χ3v) is 5.82. The minimum absolute atomic E-state index is 0.0918. The molecule has 0 saturated heterocycles. The van der Waals surface area contributed by atoms with Crippen molar-refractivity contribution < 1.29 is 23.7 Å². The Bertz CT molecular complexity index is 649. The van der Waals surface area contributed by atoms with Crippen molar-refractivity contribution in [2.75, 3.05) is 13.2 Å². The van der Waals surface area contributed by atoms with Crippen LogP contribution in [0.15, 0.2) is 24.3 Å². The molecule has 2 rings (SSSR count). The highest BCUT2D eigenvalue weighted by atomic mass is 16.7. The number of rotatable bonds is 11. The Morgan fingerprint density at radius 2 is 1.74 bits per heavy atom. The van der Waals surface area contributed by atoms with Crippen LogP contribution in [0.2, 0.25) is 0 Å². The van der Waals surface area contributed by atoms with Gasteiger partial charge in [0, 0.05) is 0 Å². The van der Waals surface area contributed by atoms with Crippen molar-refractivity contribution >= 4 is 5.97 Å². The van der Waals surface area contributed by atoms with E-state index in [1.165, 1.54) is 5.56 Å². The van der Waals surface area contributed by atoms with Crippen LogP contribution in [0, 0.1) is 5.92 Å². The van der Waals surface area contributed by atoms with Crippen molar-refractivity contribution in [2.24, 2.45) is 5.92 Å². The van der Waals surface area contributed by atoms with Crippen LogP contribution in [0.5, 0.6) is 5.75 Å². The molecule has 1 aromatic carbocycles. The number of esters is 1. The molecule has 4 unspecified atom stereocenters. The van der Waals surface area contributed by atoms with Crippen molar-refractivity contribution in [3.8, 4) is 5.75 Å². The quantitative estimate of drug-likeness (QED) is 0.234. The molecule has 0 radical (unpaired) electrons. The predicted molar refractivity (Wildman–Crippen MR) is 123 cm³/mol. The van der Waals surface area contributed by atoms with Gasteiger partial charge >= 0.3 is 5.97 Å². The summed E-state index contributed by atoms with van der Waals surface area (Å²) >= 11 is 0. The van der Waals surface area contributed by atoms with Gasteiger partial charge in [0.05, 0.1) is 25.7 Å². The average Bonchev–Trinajstić information content (AvgIpc) is 2.71. The van der Waals surface area contributed by atoms with Gasteiger partial charge in [0.15, 0.2) is 6.29 Å². The van der Waals surface area contributed by atoms with E-state index in [1.807, 2.05) is 39.8 Å². The van der Waals surface area contributed by atoms with Crippen LogP contribution < -0.4 is 4.74 Å². The van der Waals surface area contributed by atoms with E-state index in [-0.39, 0.29) is 24.3 Å². The number of benzene rings is 1. The first kappa shape index (κ1) is 25.7. The van der Waals surface area contributed by atoms with Crippen LogP contribution in [0.3, 0.4) is 0 Å². The summed E-state index contributed by atoms with van der Waals surface area (Å²) in [5, 5.41) is 0. The van der Waals surface area contributed by atoms with Gasteiger partial charge < -0.3 is 18.9 Å². The van der Waals surface area contributed by atoms with Crippen LogP contribution in [0.25, 0.3) is 0 Å². The monoisotopic (exact) mass is 434 g/mol. The summed E-state index contributed by atoms with van der Waals surface area (Å²) in [6.07, 6.45) is 5.58. The van der Waals surface area contributed by atoms with E-state index >= 15 is 0 Å². The minimum Gasteiger partial charge on any atom is -0.465 e. The van der Waals surface area contributed by atoms with Crippen LogP contribution in [0.4, 0.5) is 0 Å². The normalized spacial score (nSPS) is 21.4. The van der Waals surface area contributed by atoms with Crippen LogP contribution >= 0.6 is 0 Å². The lowest BCUT2D eigenvalue weighted by Gasteiger charge is -2.32. The molecule has 0 N–H and O–H groups in total. The lowest BCUT2D eigenvalue weighted by molar-refractivity contribution is -0.158. The van der Waals surface area contributed by atoms with E-state index in [9.17, 15) is 4.79 Å². The van der Waals surface area contributed by atoms with Crippen LogP contribution in [-0.2, 0) is 19.0 Å². The van der Waals surface area contributed by atoms with Crippen molar-refractivity contribution in [3.63, 3.8) is 0 Å². The Hall–Kier alpha value is -1.59. The van der Waals surface area contributed by atoms with E-state index < -0.39 is 5.60 Å². The Balaban J connectivity index is 1.70. The van der Waals surface area contributed by atoms with E-state index in [1.54, 1.807) is 0 Å². The zero-order valence-electron chi connectivity index (χ0n) is 20.3. The first-order chi connectivity index (χ1) is 14.7. The number of ether oxygens (including phenoxy) is 4. The minimum atomic E-state index is -0.444. The number of carbonyl (C=O) groups excluding carboxylic acids is 1.